The van der Waals surface area contributed by atoms with Crippen LogP contribution in [0.4, 0.5) is 0 Å². The molecule has 0 aliphatic heterocycles. The fourth-order valence-electron chi connectivity index (χ4n) is 3.04. The maximum Gasteiger partial charge on any atom is 0.185 e. The first-order chi connectivity index (χ1) is 10.9. The first kappa shape index (κ1) is 20.1. The van der Waals surface area contributed by atoms with E-state index in [0.717, 1.165) is 36.8 Å². The van der Waals surface area contributed by atoms with Gasteiger partial charge in [0.25, 0.3) is 0 Å². The second-order valence-electron chi connectivity index (χ2n) is 7.99. The lowest BCUT2D eigenvalue weighted by atomic mass is 9.83. The van der Waals surface area contributed by atoms with E-state index in [1.54, 1.807) is 0 Å². The Morgan fingerprint density at radius 2 is 1.17 bits per heavy atom. The minimum atomic E-state index is 0.115. The third-order valence-corrected chi connectivity index (χ3v) is 4.71. The molecule has 0 spiro atoms. The number of aryl methyl sites for hydroxylation is 2. The Bertz CT molecular complexity index is 421. The molecule has 0 fully saturated rings. The second-order valence-corrected chi connectivity index (χ2v) is 7.99. The van der Waals surface area contributed by atoms with Crippen LogP contribution in [0, 0.1) is 0 Å². The number of benzene rings is 1. The van der Waals surface area contributed by atoms with Gasteiger partial charge < -0.3 is 0 Å². The third kappa shape index (κ3) is 6.97. The summed E-state index contributed by atoms with van der Waals surface area (Å²) in [5.41, 5.74) is 3.55. The highest BCUT2D eigenvalue weighted by Gasteiger charge is 2.19. The maximum absolute atomic E-state index is 12.8. The van der Waals surface area contributed by atoms with Crippen molar-refractivity contribution in [2.45, 2.75) is 104 Å². The molecule has 0 bridgehead atoms. The van der Waals surface area contributed by atoms with Crippen LogP contribution in [-0.2, 0) is 23.4 Å². The molecule has 0 heterocycles. The molecule has 0 saturated carbocycles. The van der Waals surface area contributed by atoms with Gasteiger partial charge in [0, 0.05) is 11.1 Å². The van der Waals surface area contributed by atoms with Gasteiger partial charge in [-0.2, -0.15) is 0 Å². The van der Waals surface area contributed by atoms with E-state index in [1.807, 2.05) is 0 Å². The first-order valence-electron chi connectivity index (χ1n) is 9.73. The van der Waals surface area contributed by atoms with Gasteiger partial charge in [-0.3, -0.25) is 5.11 Å². The zero-order chi connectivity index (χ0) is 17.3. The van der Waals surface area contributed by atoms with Crippen molar-refractivity contribution in [3.8, 4) is 5.75 Å². The number of rotatable bonds is 10. The molecule has 0 N–H and O–H groups in total. The Kier molecular flexibility index (Phi) is 8.73. The van der Waals surface area contributed by atoms with Crippen molar-refractivity contribution in [1.29, 1.82) is 0 Å². The fourth-order valence-corrected chi connectivity index (χ4v) is 3.04. The molecular weight excluding hydrogens is 280 g/mol. The summed E-state index contributed by atoms with van der Waals surface area (Å²) in [7, 11) is 0. The highest BCUT2D eigenvalue weighted by molar-refractivity contribution is 5.45. The number of hydrogen-bond acceptors (Lipinski definition) is 0. The molecule has 1 aromatic carbocycles. The summed E-state index contributed by atoms with van der Waals surface area (Å²) in [5.74, 6) is 0.325. The van der Waals surface area contributed by atoms with E-state index in [9.17, 15) is 5.11 Å². The Labute approximate surface area is 144 Å². The SMILES string of the molecule is CCCCCCc1cc(C(C)(C)C)cc(CCCCCC)c1[O]. The molecule has 0 unspecified atom stereocenters. The third-order valence-electron chi connectivity index (χ3n) is 4.71. The average molecular weight is 318 g/mol. The zero-order valence-electron chi connectivity index (χ0n) is 16.1. The maximum atomic E-state index is 12.8. The topological polar surface area (TPSA) is 19.9 Å². The van der Waals surface area contributed by atoms with Gasteiger partial charge in [0.15, 0.2) is 5.75 Å². The summed E-state index contributed by atoms with van der Waals surface area (Å²) >= 11 is 0. The number of hydrogen-bond donors (Lipinski definition) is 0. The molecule has 0 aliphatic rings. The molecule has 0 amide bonds. The largest absolute Gasteiger partial charge is 0.289 e. The van der Waals surface area contributed by atoms with Crippen LogP contribution in [0.2, 0.25) is 0 Å². The standard InChI is InChI=1S/C22H37O/c1-6-8-10-12-14-18-16-20(22(3,4)5)17-19(21(18)23)15-13-11-9-7-2/h16-17H,6-15H2,1-5H3. The zero-order valence-corrected chi connectivity index (χ0v) is 16.1. The lowest BCUT2D eigenvalue weighted by molar-refractivity contribution is 0.343. The molecule has 1 nitrogen and oxygen atoms in total. The van der Waals surface area contributed by atoms with Crippen molar-refractivity contribution >= 4 is 0 Å². The van der Waals surface area contributed by atoms with Crippen LogP contribution >= 0.6 is 0 Å². The van der Waals surface area contributed by atoms with Gasteiger partial charge >= 0.3 is 0 Å². The Morgan fingerprint density at radius 3 is 1.52 bits per heavy atom. The summed E-state index contributed by atoms with van der Waals surface area (Å²) in [4.78, 5) is 0. The summed E-state index contributed by atoms with van der Waals surface area (Å²) in [6.45, 7) is 11.2. The van der Waals surface area contributed by atoms with Crippen LogP contribution in [-0.4, -0.2) is 0 Å². The molecule has 0 aliphatic carbocycles. The van der Waals surface area contributed by atoms with E-state index in [0.29, 0.717) is 5.75 Å². The lowest BCUT2D eigenvalue weighted by Crippen LogP contribution is -2.12. The predicted octanol–water partition coefficient (Wildman–Crippen LogP) is 7.37. The monoisotopic (exact) mass is 317 g/mol. The molecule has 0 atom stereocenters. The van der Waals surface area contributed by atoms with Gasteiger partial charge in [-0.15, -0.1) is 0 Å². The highest BCUT2D eigenvalue weighted by Crippen LogP contribution is 2.33. The second kappa shape index (κ2) is 10.0. The molecule has 0 aromatic heterocycles. The van der Waals surface area contributed by atoms with Crippen molar-refractivity contribution in [2.24, 2.45) is 0 Å². The quantitative estimate of drug-likeness (QED) is 0.401. The summed E-state index contributed by atoms with van der Waals surface area (Å²) < 4.78 is 0. The summed E-state index contributed by atoms with van der Waals surface area (Å²) in [5, 5.41) is 12.8. The van der Waals surface area contributed by atoms with Crippen molar-refractivity contribution < 1.29 is 5.11 Å². The molecule has 131 valence electrons. The molecule has 1 aromatic rings. The van der Waals surface area contributed by atoms with Gasteiger partial charge in [-0.25, -0.2) is 0 Å². The first-order valence-corrected chi connectivity index (χ1v) is 9.73. The smallest absolute Gasteiger partial charge is 0.185 e. The van der Waals surface area contributed by atoms with E-state index in [1.165, 1.54) is 44.1 Å². The van der Waals surface area contributed by atoms with Gasteiger partial charge in [0.2, 0.25) is 0 Å². The molecule has 1 radical (unpaired) electrons. The fraction of sp³-hybridized carbons (Fsp3) is 0.727. The minimum Gasteiger partial charge on any atom is -0.289 e. The van der Waals surface area contributed by atoms with Crippen LogP contribution in [0.3, 0.4) is 0 Å². The number of unbranched alkanes of at least 4 members (excludes halogenated alkanes) is 6. The van der Waals surface area contributed by atoms with E-state index in [2.05, 4.69) is 46.8 Å². The summed E-state index contributed by atoms with van der Waals surface area (Å²) in [6, 6.07) is 4.37. The van der Waals surface area contributed by atoms with E-state index >= 15 is 0 Å². The van der Waals surface area contributed by atoms with Gasteiger partial charge in [0.05, 0.1) is 0 Å². The van der Waals surface area contributed by atoms with Crippen LogP contribution < -0.4 is 0 Å². The molecule has 1 rings (SSSR count). The molecule has 1 heteroatoms. The van der Waals surface area contributed by atoms with Crippen molar-refractivity contribution in [3.63, 3.8) is 0 Å². The molecule has 23 heavy (non-hydrogen) atoms. The van der Waals surface area contributed by atoms with Crippen molar-refractivity contribution in [2.75, 3.05) is 0 Å². The average Bonchev–Trinajstić information content (AvgIpc) is 2.49. The van der Waals surface area contributed by atoms with Crippen LogP contribution in [0.15, 0.2) is 12.1 Å². The van der Waals surface area contributed by atoms with Crippen molar-refractivity contribution in [3.05, 3.63) is 28.8 Å². The van der Waals surface area contributed by atoms with E-state index in [4.69, 9.17) is 0 Å². The van der Waals surface area contributed by atoms with E-state index < -0.39 is 0 Å². The Hall–Kier alpha value is -0.980. The Morgan fingerprint density at radius 1 is 0.739 bits per heavy atom. The van der Waals surface area contributed by atoms with Crippen LogP contribution in [0.5, 0.6) is 5.75 Å². The molecular formula is C22H37O. The van der Waals surface area contributed by atoms with Crippen molar-refractivity contribution in [1.82, 2.24) is 0 Å². The Balaban J connectivity index is 2.89. The van der Waals surface area contributed by atoms with Gasteiger partial charge in [-0.05, 0) is 36.7 Å². The molecule has 0 saturated heterocycles. The van der Waals surface area contributed by atoms with Gasteiger partial charge in [0.1, 0.15) is 0 Å². The van der Waals surface area contributed by atoms with E-state index in [-0.39, 0.29) is 5.41 Å². The van der Waals surface area contributed by atoms with Gasteiger partial charge in [-0.1, -0.05) is 85.3 Å². The van der Waals surface area contributed by atoms with Crippen LogP contribution in [0.1, 0.15) is 103 Å². The summed E-state index contributed by atoms with van der Waals surface area (Å²) in [6.07, 6.45) is 11.7. The highest BCUT2D eigenvalue weighted by atomic mass is 16.3. The normalized spacial score (nSPS) is 11.9. The lowest BCUT2D eigenvalue weighted by Gasteiger charge is -2.22. The minimum absolute atomic E-state index is 0.115. The van der Waals surface area contributed by atoms with Crippen LogP contribution in [0.25, 0.3) is 0 Å². The predicted molar refractivity (Wildman–Crippen MR) is 101 cm³/mol.